The number of halogens is 1. The van der Waals surface area contributed by atoms with E-state index in [0.717, 1.165) is 28.7 Å². The third-order valence-electron chi connectivity index (χ3n) is 2.46. The van der Waals surface area contributed by atoms with Crippen LogP contribution in [-0.2, 0) is 0 Å². The van der Waals surface area contributed by atoms with E-state index >= 15 is 0 Å². The summed E-state index contributed by atoms with van der Waals surface area (Å²) < 4.78 is 0.954. The molecule has 0 spiro atoms. The van der Waals surface area contributed by atoms with Crippen molar-refractivity contribution in [3.63, 3.8) is 0 Å². The molecule has 1 aromatic carbocycles. The summed E-state index contributed by atoms with van der Waals surface area (Å²) in [4.78, 5) is 13.7. The highest BCUT2D eigenvalue weighted by atomic mass is 79.9. The van der Waals surface area contributed by atoms with E-state index in [0.29, 0.717) is 6.54 Å². The van der Waals surface area contributed by atoms with Crippen LogP contribution < -0.4 is 4.90 Å². The van der Waals surface area contributed by atoms with Gasteiger partial charge in [0.05, 0.1) is 6.54 Å². The van der Waals surface area contributed by atoms with Crippen LogP contribution in [0.2, 0.25) is 0 Å². The fourth-order valence-corrected chi connectivity index (χ4v) is 2.08. The minimum absolute atomic E-state index is 0.0608. The van der Waals surface area contributed by atoms with Crippen LogP contribution in [0.4, 0.5) is 5.69 Å². The van der Waals surface area contributed by atoms with Crippen molar-refractivity contribution in [3.05, 3.63) is 28.2 Å². The Morgan fingerprint density at radius 1 is 1.53 bits per heavy atom. The van der Waals surface area contributed by atoms with Crippen molar-refractivity contribution in [1.82, 2.24) is 0 Å². The summed E-state index contributed by atoms with van der Waals surface area (Å²) in [7, 11) is 0. The van der Waals surface area contributed by atoms with Gasteiger partial charge >= 0.3 is 0 Å². The number of hydrogen-bond donors (Lipinski definition) is 0. The Bertz CT molecular complexity index is 448. The number of carbonyl (C=O) groups excluding carboxylic acids is 1. The van der Waals surface area contributed by atoms with Crippen molar-refractivity contribution >= 4 is 27.4 Å². The molecule has 0 fully saturated rings. The maximum Gasteiger partial charge on any atom is 0.161 e. The van der Waals surface area contributed by atoms with E-state index in [1.54, 1.807) is 6.92 Å². The molecule has 0 aliphatic rings. The summed E-state index contributed by atoms with van der Waals surface area (Å²) >= 11 is 3.43. The van der Waals surface area contributed by atoms with Crippen LogP contribution >= 0.6 is 15.9 Å². The van der Waals surface area contributed by atoms with Gasteiger partial charge in [-0.1, -0.05) is 28.8 Å². The highest BCUT2D eigenvalue weighted by molar-refractivity contribution is 9.10. The van der Waals surface area contributed by atoms with Gasteiger partial charge < -0.3 is 4.90 Å². The van der Waals surface area contributed by atoms with Crippen LogP contribution in [0.15, 0.2) is 22.7 Å². The molecule has 17 heavy (non-hydrogen) atoms. The first-order chi connectivity index (χ1) is 8.10. The van der Waals surface area contributed by atoms with Gasteiger partial charge in [0.15, 0.2) is 5.78 Å². The first-order valence-corrected chi connectivity index (χ1v) is 6.38. The Morgan fingerprint density at radius 2 is 2.24 bits per heavy atom. The molecule has 0 saturated carbocycles. The lowest BCUT2D eigenvalue weighted by Gasteiger charge is -2.24. The second-order valence-corrected chi connectivity index (χ2v) is 4.76. The van der Waals surface area contributed by atoms with Crippen LogP contribution in [0.5, 0.6) is 0 Å². The third-order valence-corrected chi connectivity index (χ3v) is 2.95. The number of carbonyl (C=O) groups is 1. The van der Waals surface area contributed by atoms with Gasteiger partial charge in [-0.3, -0.25) is 4.79 Å². The predicted molar refractivity (Wildman–Crippen MR) is 75.5 cm³/mol. The summed E-state index contributed by atoms with van der Waals surface area (Å²) in [5.74, 6) is 2.70. The summed E-state index contributed by atoms with van der Waals surface area (Å²) in [5.41, 5.74) is 1.63. The molecule has 0 radical (unpaired) electrons. The Morgan fingerprint density at radius 3 is 2.76 bits per heavy atom. The summed E-state index contributed by atoms with van der Waals surface area (Å²) in [6, 6.07) is 5.66. The highest BCUT2D eigenvalue weighted by Gasteiger charge is 2.13. The smallest absolute Gasteiger partial charge is 0.161 e. The largest absolute Gasteiger partial charge is 0.360 e. The zero-order chi connectivity index (χ0) is 12.8. The molecule has 90 valence electrons. The molecule has 0 unspecified atom stereocenters. The number of anilines is 1. The predicted octanol–water partition coefficient (Wildman–Crippen LogP) is 3.50. The quantitative estimate of drug-likeness (QED) is 0.612. The maximum absolute atomic E-state index is 11.6. The van der Waals surface area contributed by atoms with Crippen LogP contribution in [0.3, 0.4) is 0 Å². The van der Waals surface area contributed by atoms with Crippen LogP contribution in [0, 0.1) is 12.3 Å². The van der Waals surface area contributed by atoms with Gasteiger partial charge in [-0.25, -0.2) is 0 Å². The average molecular weight is 294 g/mol. The van der Waals surface area contributed by atoms with Gasteiger partial charge in [0.25, 0.3) is 0 Å². The van der Waals surface area contributed by atoms with Gasteiger partial charge in [0, 0.05) is 22.3 Å². The summed E-state index contributed by atoms with van der Waals surface area (Å²) in [6.07, 6.45) is 6.36. The van der Waals surface area contributed by atoms with Crippen LogP contribution in [-0.4, -0.2) is 18.9 Å². The SMILES string of the molecule is C#CCN(CCC)c1cc(Br)ccc1C(C)=O. The molecule has 0 atom stereocenters. The van der Waals surface area contributed by atoms with E-state index < -0.39 is 0 Å². The molecule has 0 bridgehead atoms. The normalized spacial score (nSPS) is 9.76. The highest BCUT2D eigenvalue weighted by Crippen LogP contribution is 2.25. The van der Waals surface area contributed by atoms with Crippen molar-refractivity contribution in [1.29, 1.82) is 0 Å². The standard InChI is InChI=1S/C14H16BrNO/c1-4-8-16(9-5-2)14-10-12(15)6-7-13(14)11(3)17/h1,6-7,10H,5,8-9H2,2-3H3. The molecule has 0 aromatic heterocycles. The van der Waals surface area contributed by atoms with E-state index in [1.165, 1.54) is 0 Å². The Labute approximate surface area is 111 Å². The Balaban J connectivity index is 3.19. The molecule has 1 aromatic rings. The van der Waals surface area contributed by atoms with Gasteiger partial charge in [0.1, 0.15) is 0 Å². The van der Waals surface area contributed by atoms with Crippen molar-refractivity contribution in [2.24, 2.45) is 0 Å². The average Bonchev–Trinajstić information content (AvgIpc) is 2.28. The topological polar surface area (TPSA) is 20.3 Å². The van der Waals surface area contributed by atoms with E-state index in [1.807, 2.05) is 18.2 Å². The minimum atomic E-state index is 0.0608. The maximum atomic E-state index is 11.6. The molecule has 0 aliphatic carbocycles. The molecule has 0 saturated heterocycles. The van der Waals surface area contributed by atoms with Gasteiger partial charge in [-0.05, 0) is 31.5 Å². The van der Waals surface area contributed by atoms with E-state index in [2.05, 4.69) is 33.7 Å². The third kappa shape index (κ3) is 3.61. The van der Waals surface area contributed by atoms with Crippen LogP contribution in [0.1, 0.15) is 30.6 Å². The van der Waals surface area contributed by atoms with Gasteiger partial charge in [0.2, 0.25) is 0 Å². The lowest BCUT2D eigenvalue weighted by molar-refractivity contribution is 0.101. The first-order valence-electron chi connectivity index (χ1n) is 5.59. The fraction of sp³-hybridized carbons (Fsp3) is 0.357. The zero-order valence-electron chi connectivity index (χ0n) is 10.2. The molecule has 0 N–H and O–H groups in total. The zero-order valence-corrected chi connectivity index (χ0v) is 11.8. The molecule has 2 nitrogen and oxygen atoms in total. The first kappa shape index (κ1) is 13.8. The van der Waals surface area contributed by atoms with Crippen molar-refractivity contribution in [3.8, 4) is 12.3 Å². The number of benzene rings is 1. The van der Waals surface area contributed by atoms with E-state index in [-0.39, 0.29) is 5.78 Å². The molecule has 0 aliphatic heterocycles. The number of terminal acetylenes is 1. The number of rotatable bonds is 5. The lowest BCUT2D eigenvalue weighted by atomic mass is 10.1. The molecule has 1 rings (SSSR count). The van der Waals surface area contributed by atoms with E-state index in [4.69, 9.17) is 6.42 Å². The number of Topliss-reactive ketones (excluding diaryl/α,β-unsaturated/α-hetero) is 1. The minimum Gasteiger partial charge on any atom is -0.360 e. The molecule has 3 heteroatoms. The second-order valence-electron chi connectivity index (χ2n) is 3.84. The monoisotopic (exact) mass is 293 g/mol. The van der Waals surface area contributed by atoms with Gasteiger partial charge in [-0.15, -0.1) is 6.42 Å². The summed E-state index contributed by atoms with van der Waals surface area (Å²) in [6.45, 7) is 5.03. The Kier molecular flexibility index (Phi) is 5.24. The molecular weight excluding hydrogens is 278 g/mol. The van der Waals surface area contributed by atoms with Crippen molar-refractivity contribution < 1.29 is 4.79 Å². The van der Waals surface area contributed by atoms with Crippen molar-refractivity contribution in [2.45, 2.75) is 20.3 Å². The van der Waals surface area contributed by atoms with Crippen LogP contribution in [0.25, 0.3) is 0 Å². The molecule has 0 heterocycles. The van der Waals surface area contributed by atoms with Crippen molar-refractivity contribution in [2.75, 3.05) is 18.0 Å². The Hall–Kier alpha value is -1.27. The molecular formula is C14H16BrNO. The number of nitrogens with zero attached hydrogens (tertiary/aromatic N) is 1. The lowest BCUT2D eigenvalue weighted by Crippen LogP contribution is -2.26. The number of ketones is 1. The second kappa shape index (κ2) is 6.46. The van der Waals surface area contributed by atoms with Gasteiger partial charge in [-0.2, -0.15) is 0 Å². The van der Waals surface area contributed by atoms with E-state index in [9.17, 15) is 4.79 Å². The summed E-state index contributed by atoms with van der Waals surface area (Å²) in [5, 5.41) is 0. The molecule has 0 amide bonds. The number of hydrogen-bond acceptors (Lipinski definition) is 2. The fourth-order valence-electron chi connectivity index (χ4n) is 1.73.